The number of aliphatic hydroxyl groups is 1. The number of Topliss-reactive ketones (excluding diaryl/α,β-unsaturated/α-hetero) is 1. The van der Waals surface area contributed by atoms with Gasteiger partial charge in [0, 0.05) is 19.2 Å². The van der Waals surface area contributed by atoms with Gasteiger partial charge in [0.1, 0.15) is 17.3 Å². The molecule has 1 N–H and O–H groups in total. The van der Waals surface area contributed by atoms with Crippen molar-refractivity contribution in [2.75, 3.05) is 34.0 Å². The maximum Gasteiger partial charge on any atom is 0.295 e. The predicted molar refractivity (Wildman–Crippen MR) is 116 cm³/mol. The van der Waals surface area contributed by atoms with Crippen molar-refractivity contribution in [2.45, 2.75) is 19.9 Å². The van der Waals surface area contributed by atoms with E-state index in [1.807, 2.05) is 13.8 Å². The van der Waals surface area contributed by atoms with Gasteiger partial charge in [-0.1, -0.05) is 12.1 Å². The van der Waals surface area contributed by atoms with Crippen molar-refractivity contribution in [3.63, 3.8) is 0 Å². The number of rotatable bonds is 8. The summed E-state index contributed by atoms with van der Waals surface area (Å²) in [5.74, 6) is -0.251. The molecule has 0 bridgehead atoms. The van der Waals surface area contributed by atoms with Crippen LogP contribution in [0.1, 0.15) is 29.7 Å². The molecular weight excluding hydrogens is 398 g/mol. The van der Waals surface area contributed by atoms with Crippen LogP contribution < -0.4 is 9.47 Å². The number of aryl methyl sites for hydroxylation is 1. The number of likely N-dealkylation sites (tertiary alicyclic amines) is 1. The molecule has 1 unspecified atom stereocenters. The predicted octanol–water partition coefficient (Wildman–Crippen LogP) is 3.47. The number of amides is 1. The van der Waals surface area contributed by atoms with Crippen molar-refractivity contribution in [2.24, 2.45) is 0 Å². The van der Waals surface area contributed by atoms with E-state index in [-0.39, 0.29) is 24.5 Å². The molecule has 2 aromatic rings. The van der Waals surface area contributed by atoms with Crippen molar-refractivity contribution in [1.82, 2.24) is 4.90 Å². The molecule has 1 atom stereocenters. The topological polar surface area (TPSA) is 85.3 Å². The normalized spacial score (nSPS) is 17.8. The fourth-order valence-electron chi connectivity index (χ4n) is 3.70. The first-order valence-electron chi connectivity index (χ1n) is 10.1. The molecule has 31 heavy (non-hydrogen) atoms. The second-order valence-electron chi connectivity index (χ2n) is 7.17. The van der Waals surface area contributed by atoms with Gasteiger partial charge in [0.25, 0.3) is 11.7 Å². The Morgan fingerprint density at radius 3 is 2.39 bits per heavy atom. The van der Waals surface area contributed by atoms with Crippen LogP contribution in [0.4, 0.5) is 0 Å². The third-order valence-corrected chi connectivity index (χ3v) is 5.26. The summed E-state index contributed by atoms with van der Waals surface area (Å²) in [4.78, 5) is 27.2. The average molecular weight is 425 g/mol. The van der Waals surface area contributed by atoms with Crippen molar-refractivity contribution in [3.8, 4) is 11.5 Å². The van der Waals surface area contributed by atoms with Gasteiger partial charge in [-0.05, 0) is 55.3 Å². The quantitative estimate of drug-likeness (QED) is 0.396. The van der Waals surface area contributed by atoms with E-state index in [4.69, 9.17) is 14.2 Å². The van der Waals surface area contributed by atoms with Crippen LogP contribution in [0.3, 0.4) is 0 Å². The number of aliphatic hydroxyl groups excluding tert-OH is 1. The van der Waals surface area contributed by atoms with E-state index in [1.165, 1.54) is 12.0 Å². The maximum atomic E-state index is 13.0. The first kappa shape index (κ1) is 22.4. The highest BCUT2D eigenvalue weighted by Crippen LogP contribution is 2.40. The summed E-state index contributed by atoms with van der Waals surface area (Å²) >= 11 is 0. The van der Waals surface area contributed by atoms with Crippen molar-refractivity contribution < 1.29 is 28.9 Å². The summed E-state index contributed by atoms with van der Waals surface area (Å²) in [6, 6.07) is 11.5. The Bertz CT molecular complexity index is 996. The second-order valence-corrected chi connectivity index (χ2v) is 7.17. The molecule has 1 fully saturated rings. The molecule has 164 valence electrons. The maximum absolute atomic E-state index is 13.0. The molecule has 1 aliphatic rings. The number of methoxy groups -OCH3 is 2. The Labute approximate surface area is 181 Å². The number of ether oxygens (including phenoxy) is 3. The van der Waals surface area contributed by atoms with Gasteiger partial charge in [-0.2, -0.15) is 0 Å². The van der Waals surface area contributed by atoms with Crippen LogP contribution >= 0.6 is 0 Å². The van der Waals surface area contributed by atoms with Crippen LogP contribution in [0, 0.1) is 6.92 Å². The number of hydrogen-bond acceptors (Lipinski definition) is 6. The van der Waals surface area contributed by atoms with Crippen molar-refractivity contribution >= 4 is 17.4 Å². The Hall–Kier alpha value is -3.32. The molecule has 1 saturated heterocycles. The summed E-state index contributed by atoms with van der Waals surface area (Å²) in [5, 5.41) is 11.1. The first-order chi connectivity index (χ1) is 14.9. The molecule has 7 nitrogen and oxygen atoms in total. The number of carbonyl (C=O) groups excluding carboxylic acids is 2. The molecule has 0 saturated carbocycles. The molecule has 0 aromatic heterocycles. The van der Waals surface area contributed by atoms with Gasteiger partial charge in [0.15, 0.2) is 0 Å². The van der Waals surface area contributed by atoms with Gasteiger partial charge in [0.05, 0.1) is 31.9 Å². The van der Waals surface area contributed by atoms with Gasteiger partial charge < -0.3 is 24.2 Å². The summed E-state index contributed by atoms with van der Waals surface area (Å²) in [6.45, 7) is 4.76. The largest absolute Gasteiger partial charge is 0.507 e. The molecule has 2 aromatic carbocycles. The van der Waals surface area contributed by atoms with E-state index < -0.39 is 17.7 Å². The molecule has 1 heterocycles. The summed E-state index contributed by atoms with van der Waals surface area (Å²) in [6.07, 6.45) is 0. The Morgan fingerprint density at radius 2 is 1.81 bits per heavy atom. The lowest BCUT2D eigenvalue weighted by Gasteiger charge is -2.25. The van der Waals surface area contributed by atoms with Gasteiger partial charge >= 0.3 is 0 Å². The van der Waals surface area contributed by atoms with Crippen LogP contribution in [-0.4, -0.2) is 55.7 Å². The van der Waals surface area contributed by atoms with Crippen molar-refractivity contribution in [3.05, 3.63) is 64.7 Å². The third kappa shape index (κ3) is 4.41. The molecule has 1 amide bonds. The van der Waals surface area contributed by atoms with Gasteiger partial charge in [-0.15, -0.1) is 0 Å². The first-order valence-corrected chi connectivity index (χ1v) is 10.1. The molecule has 1 aliphatic heterocycles. The molecule has 0 spiro atoms. The number of ketones is 1. The zero-order valence-electron chi connectivity index (χ0n) is 18.2. The lowest BCUT2D eigenvalue weighted by atomic mass is 9.94. The minimum Gasteiger partial charge on any atom is -0.507 e. The summed E-state index contributed by atoms with van der Waals surface area (Å²) < 4.78 is 15.9. The number of carbonyl (C=O) groups is 2. The van der Waals surface area contributed by atoms with Gasteiger partial charge in [0.2, 0.25) is 0 Å². The van der Waals surface area contributed by atoms with E-state index in [9.17, 15) is 14.7 Å². The SMILES string of the molecule is CCOc1ccc(/C(O)=C2/C(=O)C(=O)N(CCOC)C2c2ccc(OC)cc2)cc1C. The zero-order chi connectivity index (χ0) is 22.5. The van der Waals surface area contributed by atoms with E-state index in [1.54, 1.807) is 49.6 Å². The fourth-order valence-corrected chi connectivity index (χ4v) is 3.70. The van der Waals surface area contributed by atoms with Crippen LogP contribution in [-0.2, 0) is 14.3 Å². The summed E-state index contributed by atoms with van der Waals surface area (Å²) in [5.41, 5.74) is 2.01. The number of benzene rings is 2. The molecular formula is C24H27NO6. The smallest absolute Gasteiger partial charge is 0.295 e. The summed E-state index contributed by atoms with van der Waals surface area (Å²) in [7, 11) is 3.09. The average Bonchev–Trinajstić information content (AvgIpc) is 3.03. The van der Waals surface area contributed by atoms with E-state index in [2.05, 4.69) is 0 Å². The lowest BCUT2D eigenvalue weighted by molar-refractivity contribution is -0.140. The van der Waals surface area contributed by atoms with E-state index in [0.717, 1.165) is 5.56 Å². The third-order valence-electron chi connectivity index (χ3n) is 5.26. The van der Waals surface area contributed by atoms with Crippen molar-refractivity contribution in [1.29, 1.82) is 0 Å². The van der Waals surface area contributed by atoms with Gasteiger partial charge in [-0.25, -0.2) is 0 Å². The highest BCUT2D eigenvalue weighted by Gasteiger charge is 2.45. The number of hydrogen-bond donors (Lipinski definition) is 1. The fraction of sp³-hybridized carbons (Fsp3) is 0.333. The molecule has 0 aliphatic carbocycles. The minimum atomic E-state index is -0.729. The van der Waals surface area contributed by atoms with Crippen LogP contribution in [0.15, 0.2) is 48.0 Å². The standard InChI is InChI=1S/C24H27NO6/c1-5-31-19-11-8-17(14-15(19)2)22(26)20-21(16-6-9-18(30-4)10-7-16)25(12-13-29-3)24(28)23(20)27/h6-11,14,21,26H,5,12-13H2,1-4H3/b22-20-. The highest BCUT2D eigenvalue weighted by atomic mass is 16.5. The molecule has 3 rings (SSSR count). The lowest BCUT2D eigenvalue weighted by Crippen LogP contribution is -2.32. The van der Waals surface area contributed by atoms with Gasteiger partial charge in [-0.3, -0.25) is 9.59 Å². The number of nitrogens with zero attached hydrogens (tertiary/aromatic N) is 1. The molecule has 7 heteroatoms. The van der Waals surface area contributed by atoms with E-state index >= 15 is 0 Å². The highest BCUT2D eigenvalue weighted by molar-refractivity contribution is 6.46. The Kier molecular flexibility index (Phi) is 6.97. The monoisotopic (exact) mass is 425 g/mol. The van der Waals surface area contributed by atoms with Crippen LogP contribution in [0.2, 0.25) is 0 Å². The van der Waals surface area contributed by atoms with Crippen LogP contribution in [0.25, 0.3) is 5.76 Å². The Balaban J connectivity index is 2.12. The van der Waals surface area contributed by atoms with Crippen LogP contribution in [0.5, 0.6) is 11.5 Å². The zero-order valence-corrected chi connectivity index (χ0v) is 18.2. The van der Waals surface area contributed by atoms with E-state index in [0.29, 0.717) is 29.2 Å². The Morgan fingerprint density at radius 1 is 1.10 bits per heavy atom. The molecule has 0 radical (unpaired) electrons. The minimum absolute atomic E-state index is 0.0508. The second kappa shape index (κ2) is 9.66.